The molecule has 11 heavy (non-hydrogen) atoms. The molecule has 0 aliphatic heterocycles. The number of thiophene rings is 1. The molecule has 0 bridgehead atoms. The Morgan fingerprint density at radius 2 is 2.45 bits per heavy atom. The van der Waals surface area contributed by atoms with Gasteiger partial charge in [-0.2, -0.15) is 0 Å². The molecule has 0 aliphatic carbocycles. The first kappa shape index (κ1) is 8.74. The smallest absolute Gasteiger partial charge is 0.139 e. The molecule has 0 atom stereocenters. The van der Waals surface area contributed by atoms with Gasteiger partial charge in [-0.3, -0.25) is 0 Å². The topological polar surface area (TPSA) is 20.3 Å². The van der Waals surface area contributed by atoms with E-state index in [0.717, 1.165) is 15.1 Å². The Morgan fingerprint density at radius 1 is 1.73 bits per heavy atom. The first-order valence-corrected chi connectivity index (χ1v) is 4.75. The largest absolute Gasteiger partial charge is 0.359 e. The van der Waals surface area contributed by atoms with E-state index in [2.05, 4.69) is 15.9 Å². The highest BCUT2D eigenvalue weighted by atomic mass is 79.9. The van der Waals surface area contributed by atoms with Gasteiger partial charge in [0.15, 0.2) is 0 Å². The van der Waals surface area contributed by atoms with Crippen LogP contribution in [0.5, 0.6) is 0 Å². The number of anilines is 1. The normalized spacial score (nSPS) is 9.64. The number of likely N-dealkylation sites (N-methyl/N-ethyl adjacent to an activating group) is 1. The molecule has 0 spiro atoms. The molecule has 60 valence electrons. The van der Waals surface area contributed by atoms with Gasteiger partial charge in [0.1, 0.15) is 6.29 Å². The molecule has 0 unspecified atom stereocenters. The number of nitrogens with zero attached hydrogens (tertiary/aromatic N) is 1. The molecule has 1 aromatic rings. The summed E-state index contributed by atoms with van der Waals surface area (Å²) in [6.07, 6.45) is 0.896. The summed E-state index contributed by atoms with van der Waals surface area (Å²) in [6, 6.07) is 3.96. The van der Waals surface area contributed by atoms with Crippen molar-refractivity contribution in [3.63, 3.8) is 0 Å². The molecule has 2 nitrogen and oxygen atoms in total. The van der Waals surface area contributed by atoms with Gasteiger partial charge in [0, 0.05) is 7.05 Å². The highest BCUT2D eigenvalue weighted by Gasteiger charge is 2.01. The van der Waals surface area contributed by atoms with Crippen LogP contribution in [0.3, 0.4) is 0 Å². The fourth-order valence-corrected chi connectivity index (χ4v) is 2.04. The molecule has 4 heteroatoms. The predicted octanol–water partition coefficient (Wildman–Crippen LogP) is 2.15. The van der Waals surface area contributed by atoms with Crippen LogP contribution in [0.4, 0.5) is 5.00 Å². The van der Waals surface area contributed by atoms with Crippen molar-refractivity contribution in [3.8, 4) is 0 Å². The van der Waals surface area contributed by atoms with Crippen LogP contribution in [0.25, 0.3) is 0 Å². The molecule has 0 amide bonds. The molecular weight excluding hydrogens is 226 g/mol. The number of carbonyl (C=O) groups is 1. The van der Waals surface area contributed by atoms with Gasteiger partial charge in [0.2, 0.25) is 0 Å². The summed E-state index contributed by atoms with van der Waals surface area (Å²) in [5.41, 5.74) is 0. The van der Waals surface area contributed by atoms with E-state index in [1.807, 2.05) is 24.1 Å². The van der Waals surface area contributed by atoms with Crippen LogP contribution < -0.4 is 4.90 Å². The van der Waals surface area contributed by atoms with Crippen molar-refractivity contribution in [2.45, 2.75) is 0 Å². The number of hydrogen-bond donors (Lipinski definition) is 0. The average molecular weight is 234 g/mol. The standard InChI is InChI=1S/C7H8BrNOS/c1-9(4-5-10)7-3-2-6(8)11-7/h2-3,5H,4H2,1H3. The lowest BCUT2D eigenvalue weighted by Crippen LogP contribution is -2.17. The lowest BCUT2D eigenvalue weighted by molar-refractivity contribution is -0.106. The minimum Gasteiger partial charge on any atom is -0.359 e. The third-order valence-electron chi connectivity index (χ3n) is 1.28. The molecule has 0 saturated carbocycles. The van der Waals surface area contributed by atoms with Crippen molar-refractivity contribution in [2.24, 2.45) is 0 Å². The summed E-state index contributed by atoms with van der Waals surface area (Å²) < 4.78 is 1.09. The maximum atomic E-state index is 10.1. The zero-order valence-corrected chi connectivity index (χ0v) is 8.48. The Balaban J connectivity index is 2.67. The Labute approximate surface area is 78.0 Å². The van der Waals surface area contributed by atoms with E-state index in [9.17, 15) is 4.79 Å². The quantitative estimate of drug-likeness (QED) is 0.747. The molecule has 1 heterocycles. The molecule has 1 aromatic heterocycles. The van der Waals surface area contributed by atoms with E-state index in [4.69, 9.17) is 0 Å². The van der Waals surface area contributed by atoms with Crippen molar-refractivity contribution < 1.29 is 4.79 Å². The second-order valence-corrected chi connectivity index (χ2v) is 4.57. The first-order chi connectivity index (χ1) is 5.24. The van der Waals surface area contributed by atoms with Gasteiger partial charge in [0.25, 0.3) is 0 Å². The number of aldehydes is 1. The molecule has 0 radical (unpaired) electrons. The number of halogens is 1. The number of carbonyl (C=O) groups excluding carboxylic acids is 1. The summed E-state index contributed by atoms with van der Waals surface area (Å²) in [6.45, 7) is 0.451. The van der Waals surface area contributed by atoms with E-state index in [0.29, 0.717) is 6.54 Å². The van der Waals surface area contributed by atoms with Crippen LogP contribution in [-0.4, -0.2) is 19.9 Å². The summed E-state index contributed by atoms with van der Waals surface area (Å²) >= 11 is 4.97. The van der Waals surface area contributed by atoms with Gasteiger partial charge in [-0.25, -0.2) is 0 Å². The third-order valence-corrected chi connectivity index (χ3v) is 3.02. The second-order valence-electron chi connectivity index (χ2n) is 2.12. The molecule has 0 N–H and O–H groups in total. The van der Waals surface area contributed by atoms with Crippen LogP contribution in [0.1, 0.15) is 0 Å². The van der Waals surface area contributed by atoms with E-state index < -0.39 is 0 Å². The minimum absolute atomic E-state index is 0.451. The summed E-state index contributed by atoms with van der Waals surface area (Å²) in [7, 11) is 1.90. The fourth-order valence-electron chi connectivity index (χ4n) is 0.712. The van der Waals surface area contributed by atoms with Crippen LogP contribution in [-0.2, 0) is 4.79 Å². The maximum absolute atomic E-state index is 10.1. The van der Waals surface area contributed by atoms with Crippen molar-refractivity contribution in [1.29, 1.82) is 0 Å². The lowest BCUT2D eigenvalue weighted by Gasteiger charge is -2.11. The van der Waals surface area contributed by atoms with Crippen LogP contribution in [0, 0.1) is 0 Å². The Bertz CT molecular complexity index is 248. The van der Waals surface area contributed by atoms with Crippen molar-refractivity contribution in [2.75, 3.05) is 18.5 Å². The van der Waals surface area contributed by atoms with Crippen molar-refractivity contribution in [1.82, 2.24) is 0 Å². The van der Waals surface area contributed by atoms with Crippen LogP contribution in [0.2, 0.25) is 0 Å². The SMILES string of the molecule is CN(CC=O)c1ccc(Br)s1. The zero-order valence-electron chi connectivity index (χ0n) is 6.08. The number of hydrogen-bond acceptors (Lipinski definition) is 3. The van der Waals surface area contributed by atoms with Crippen LogP contribution >= 0.6 is 27.3 Å². The average Bonchev–Trinajstić information content (AvgIpc) is 2.36. The molecule has 0 aromatic carbocycles. The van der Waals surface area contributed by atoms with E-state index in [1.165, 1.54) is 0 Å². The van der Waals surface area contributed by atoms with Gasteiger partial charge in [0.05, 0.1) is 15.3 Å². The Morgan fingerprint density at radius 3 is 2.91 bits per heavy atom. The zero-order chi connectivity index (χ0) is 8.27. The maximum Gasteiger partial charge on any atom is 0.139 e. The molecule has 0 saturated heterocycles. The van der Waals surface area contributed by atoms with Crippen LogP contribution in [0.15, 0.2) is 15.9 Å². The summed E-state index contributed by atoms with van der Waals surface area (Å²) in [5.74, 6) is 0. The lowest BCUT2D eigenvalue weighted by atomic mass is 10.5. The summed E-state index contributed by atoms with van der Waals surface area (Å²) in [4.78, 5) is 12.1. The van der Waals surface area contributed by atoms with Gasteiger partial charge in [-0.15, -0.1) is 11.3 Å². The summed E-state index contributed by atoms with van der Waals surface area (Å²) in [5, 5.41) is 1.10. The monoisotopic (exact) mass is 233 g/mol. The first-order valence-electron chi connectivity index (χ1n) is 3.14. The van der Waals surface area contributed by atoms with E-state index >= 15 is 0 Å². The van der Waals surface area contributed by atoms with Crippen molar-refractivity contribution >= 4 is 38.6 Å². The Hall–Kier alpha value is -0.350. The molecule has 0 aliphatic rings. The highest BCUT2D eigenvalue weighted by molar-refractivity contribution is 9.11. The number of rotatable bonds is 3. The predicted molar refractivity (Wildman–Crippen MR) is 51.4 cm³/mol. The minimum atomic E-state index is 0.451. The van der Waals surface area contributed by atoms with Gasteiger partial charge in [-0.1, -0.05) is 0 Å². The van der Waals surface area contributed by atoms with Gasteiger partial charge in [-0.05, 0) is 28.1 Å². The fraction of sp³-hybridized carbons (Fsp3) is 0.286. The molecule has 0 fully saturated rings. The van der Waals surface area contributed by atoms with Crippen molar-refractivity contribution in [3.05, 3.63) is 15.9 Å². The molecule has 1 rings (SSSR count). The van der Waals surface area contributed by atoms with E-state index in [-0.39, 0.29) is 0 Å². The second kappa shape index (κ2) is 3.88. The Kier molecular flexibility index (Phi) is 3.08. The van der Waals surface area contributed by atoms with Gasteiger partial charge >= 0.3 is 0 Å². The highest BCUT2D eigenvalue weighted by Crippen LogP contribution is 2.28. The third kappa shape index (κ3) is 2.31. The molecular formula is C7H8BrNOS. The van der Waals surface area contributed by atoms with E-state index in [1.54, 1.807) is 11.3 Å². The van der Waals surface area contributed by atoms with Gasteiger partial charge < -0.3 is 9.69 Å².